The molecule has 0 spiro atoms. The lowest BCUT2D eigenvalue weighted by Gasteiger charge is -2.10. The van der Waals surface area contributed by atoms with Crippen molar-refractivity contribution in [3.05, 3.63) is 53.3 Å². The lowest BCUT2D eigenvalue weighted by Crippen LogP contribution is -2.20. The molecule has 2 N–H and O–H groups in total. The quantitative estimate of drug-likeness (QED) is 0.878. The second-order valence-electron chi connectivity index (χ2n) is 4.64. The predicted molar refractivity (Wildman–Crippen MR) is 86.3 cm³/mol. The Kier molecular flexibility index (Phi) is 5.54. The Hall–Kier alpha value is -2.60. The van der Waals surface area contributed by atoms with Gasteiger partial charge in [0.1, 0.15) is 11.6 Å². The van der Waals surface area contributed by atoms with Gasteiger partial charge in [-0.2, -0.15) is 0 Å². The summed E-state index contributed by atoms with van der Waals surface area (Å²) in [5, 5.41) is 5.28. The second-order valence-corrected chi connectivity index (χ2v) is 5.05. The van der Waals surface area contributed by atoms with E-state index in [4.69, 9.17) is 16.3 Å². The van der Waals surface area contributed by atoms with Gasteiger partial charge in [-0.3, -0.25) is 9.59 Å². The lowest BCUT2D eigenvalue weighted by molar-refractivity contribution is -0.118. The third-order valence-corrected chi connectivity index (χ3v) is 3.07. The number of para-hydroxylation sites is 1. The maximum atomic E-state index is 13.5. The predicted octanol–water partition coefficient (Wildman–Crippen LogP) is 3.46. The number of anilines is 2. The molecule has 0 saturated carbocycles. The fourth-order valence-corrected chi connectivity index (χ4v) is 1.98. The van der Waals surface area contributed by atoms with Gasteiger partial charge >= 0.3 is 0 Å². The minimum Gasteiger partial charge on any atom is -0.482 e. The van der Waals surface area contributed by atoms with Crippen molar-refractivity contribution in [2.75, 3.05) is 17.2 Å². The highest BCUT2D eigenvalue weighted by atomic mass is 35.5. The van der Waals surface area contributed by atoms with E-state index in [0.717, 1.165) is 6.07 Å². The summed E-state index contributed by atoms with van der Waals surface area (Å²) in [5.41, 5.74) is 0.324. The highest BCUT2D eigenvalue weighted by Gasteiger charge is 2.09. The fraction of sp³-hybridized carbons (Fsp3) is 0.125. The molecule has 0 aliphatic heterocycles. The van der Waals surface area contributed by atoms with Gasteiger partial charge in [0, 0.05) is 12.6 Å². The average Bonchev–Trinajstić information content (AvgIpc) is 2.49. The molecule has 0 saturated heterocycles. The van der Waals surface area contributed by atoms with Crippen LogP contribution in [0, 0.1) is 5.82 Å². The Bertz CT molecular complexity index is 737. The van der Waals surface area contributed by atoms with E-state index >= 15 is 0 Å². The number of rotatable bonds is 5. The molecule has 0 fully saturated rings. The van der Waals surface area contributed by atoms with Crippen LogP contribution in [0.15, 0.2) is 42.5 Å². The first-order chi connectivity index (χ1) is 11.0. The molecule has 0 bridgehead atoms. The minimum absolute atomic E-state index is 0.0117. The number of carbonyl (C=O) groups is 2. The van der Waals surface area contributed by atoms with E-state index in [1.807, 2.05) is 0 Å². The number of hydrogen-bond acceptors (Lipinski definition) is 3. The van der Waals surface area contributed by atoms with E-state index in [-0.39, 0.29) is 12.3 Å². The molecular weight excluding hydrogens is 323 g/mol. The Morgan fingerprint density at radius 1 is 1.17 bits per heavy atom. The van der Waals surface area contributed by atoms with Crippen LogP contribution in [0.2, 0.25) is 5.02 Å². The van der Waals surface area contributed by atoms with Crippen LogP contribution in [0.5, 0.6) is 5.75 Å². The molecule has 0 unspecified atom stereocenters. The number of nitrogens with one attached hydrogen (secondary N) is 2. The van der Waals surface area contributed by atoms with Crippen LogP contribution in [0.25, 0.3) is 0 Å². The molecule has 0 atom stereocenters. The van der Waals surface area contributed by atoms with Gasteiger partial charge in [-0.25, -0.2) is 4.39 Å². The van der Waals surface area contributed by atoms with Crippen molar-refractivity contribution in [1.82, 2.24) is 0 Å². The summed E-state index contributed by atoms with van der Waals surface area (Å²) in [5.74, 6) is -1.05. The number of benzene rings is 2. The minimum atomic E-state index is -0.592. The summed E-state index contributed by atoms with van der Waals surface area (Å²) in [6, 6.07) is 10.6. The molecule has 2 aromatic carbocycles. The normalized spacial score (nSPS) is 10.0. The molecule has 2 amide bonds. The number of ether oxygens (including phenoxy) is 1. The topological polar surface area (TPSA) is 67.4 Å². The second kappa shape index (κ2) is 7.60. The van der Waals surface area contributed by atoms with Crippen LogP contribution in [0.4, 0.5) is 15.8 Å². The van der Waals surface area contributed by atoms with Crippen LogP contribution >= 0.6 is 11.6 Å². The highest BCUT2D eigenvalue weighted by molar-refractivity contribution is 6.32. The van der Waals surface area contributed by atoms with Gasteiger partial charge in [0.05, 0.1) is 10.7 Å². The molecule has 23 heavy (non-hydrogen) atoms. The molecular formula is C16H14ClFN2O3. The Labute approximate surface area is 137 Å². The van der Waals surface area contributed by atoms with Gasteiger partial charge in [-0.15, -0.1) is 0 Å². The first-order valence-electron chi connectivity index (χ1n) is 6.70. The van der Waals surface area contributed by atoms with Gasteiger partial charge in [0.2, 0.25) is 5.91 Å². The zero-order valence-electron chi connectivity index (χ0n) is 12.2. The van der Waals surface area contributed by atoms with Gasteiger partial charge in [-0.1, -0.05) is 23.7 Å². The van der Waals surface area contributed by atoms with Crippen molar-refractivity contribution in [3.8, 4) is 5.75 Å². The maximum absolute atomic E-state index is 13.5. The average molecular weight is 337 g/mol. The monoisotopic (exact) mass is 336 g/mol. The number of halogens is 2. The van der Waals surface area contributed by atoms with Crippen LogP contribution in [0.3, 0.4) is 0 Å². The third kappa shape index (κ3) is 4.96. The van der Waals surface area contributed by atoms with Gasteiger partial charge in [-0.05, 0) is 30.3 Å². The molecule has 7 heteroatoms. The van der Waals surface area contributed by atoms with Crippen molar-refractivity contribution in [1.29, 1.82) is 0 Å². The zero-order valence-corrected chi connectivity index (χ0v) is 13.0. The van der Waals surface area contributed by atoms with Gasteiger partial charge in [0.15, 0.2) is 6.61 Å². The molecule has 0 heterocycles. The molecule has 0 aromatic heterocycles. The summed E-state index contributed by atoms with van der Waals surface area (Å²) in [6.45, 7) is 1.01. The summed E-state index contributed by atoms with van der Waals surface area (Å²) in [4.78, 5) is 22.8. The van der Waals surface area contributed by atoms with E-state index in [1.165, 1.54) is 19.1 Å². The molecule has 0 radical (unpaired) electrons. The SMILES string of the molecule is CC(=O)Nc1cc(NC(=O)COc2ccccc2Cl)ccc1F. The molecule has 2 aromatic rings. The van der Waals surface area contributed by atoms with E-state index in [1.54, 1.807) is 24.3 Å². The maximum Gasteiger partial charge on any atom is 0.262 e. The van der Waals surface area contributed by atoms with Crippen molar-refractivity contribution < 1.29 is 18.7 Å². The summed E-state index contributed by atoms with van der Waals surface area (Å²) in [6.07, 6.45) is 0. The van der Waals surface area contributed by atoms with Gasteiger partial charge < -0.3 is 15.4 Å². The number of carbonyl (C=O) groups excluding carboxylic acids is 2. The standard InChI is InChI=1S/C16H14ClFN2O3/c1-10(21)19-14-8-11(6-7-13(14)18)20-16(22)9-23-15-5-3-2-4-12(15)17/h2-8H,9H2,1H3,(H,19,21)(H,20,22). The molecule has 0 aliphatic rings. The van der Waals surface area contributed by atoms with Crippen LogP contribution in [-0.2, 0) is 9.59 Å². The Balaban J connectivity index is 1.97. The van der Waals surface area contributed by atoms with E-state index in [0.29, 0.717) is 16.5 Å². The van der Waals surface area contributed by atoms with Crippen molar-refractivity contribution >= 4 is 34.8 Å². The van der Waals surface area contributed by atoms with Crippen LogP contribution in [0.1, 0.15) is 6.92 Å². The van der Waals surface area contributed by atoms with Crippen LogP contribution in [-0.4, -0.2) is 18.4 Å². The largest absolute Gasteiger partial charge is 0.482 e. The number of amides is 2. The third-order valence-electron chi connectivity index (χ3n) is 2.76. The van der Waals surface area contributed by atoms with E-state index in [9.17, 15) is 14.0 Å². The first kappa shape index (κ1) is 16.8. The zero-order chi connectivity index (χ0) is 16.8. The fourth-order valence-electron chi connectivity index (χ4n) is 1.79. The summed E-state index contributed by atoms with van der Waals surface area (Å²) in [7, 11) is 0. The molecule has 120 valence electrons. The van der Waals surface area contributed by atoms with E-state index < -0.39 is 17.6 Å². The van der Waals surface area contributed by atoms with Crippen molar-refractivity contribution in [3.63, 3.8) is 0 Å². The smallest absolute Gasteiger partial charge is 0.262 e. The van der Waals surface area contributed by atoms with Crippen LogP contribution < -0.4 is 15.4 Å². The number of hydrogen-bond donors (Lipinski definition) is 2. The van der Waals surface area contributed by atoms with Crippen molar-refractivity contribution in [2.24, 2.45) is 0 Å². The molecule has 5 nitrogen and oxygen atoms in total. The highest BCUT2D eigenvalue weighted by Crippen LogP contribution is 2.23. The lowest BCUT2D eigenvalue weighted by atomic mass is 10.2. The van der Waals surface area contributed by atoms with E-state index in [2.05, 4.69) is 10.6 Å². The van der Waals surface area contributed by atoms with Gasteiger partial charge in [0.25, 0.3) is 5.91 Å². The molecule has 2 rings (SSSR count). The summed E-state index contributed by atoms with van der Waals surface area (Å²) >= 11 is 5.92. The van der Waals surface area contributed by atoms with Crippen molar-refractivity contribution in [2.45, 2.75) is 6.92 Å². The molecule has 0 aliphatic carbocycles. The summed E-state index contributed by atoms with van der Waals surface area (Å²) < 4.78 is 18.8. The Morgan fingerprint density at radius 2 is 1.91 bits per heavy atom. The first-order valence-corrected chi connectivity index (χ1v) is 7.08. The Morgan fingerprint density at radius 3 is 2.61 bits per heavy atom.